The minimum absolute atomic E-state index is 0.235. The van der Waals surface area contributed by atoms with Crippen molar-refractivity contribution in [2.24, 2.45) is 0 Å². The number of aromatic carboxylic acids is 1. The molecular weight excluding hydrogens is 214 g/mol. The molecule has 1 aromatic rings. The number of carboxylic acid groups (broad SMARTS) is 1. The molecule has 6 heteroatoms. The molecule has 0 aliphatic carbocycles. The van der Waals surface area contributed by atoms with Crippen molar-refractivity contribution in [3.05, 3.63) is 20.1 Å². The van der Waals surface area contributed by atoms with Gasteiger partial charge in [-0.1, -0.05) is 34.5 Å². The molecule has 1 heterocycles. The normalized spacial score (nSPS) is 10.1. The van der Waals surface area contributed by atoms with E-state index in [0.29, 0.717) is 11.3 Å². The SMILES string of the molecule is O=C(O)c1sc(F)c(Cl)c1Cl. The summed E-state index contributed by atoms with van der Waals surface area (Å²) in [5.74, 6) is -1.27. The van der Waals surface area contributed by atoms with Gasteiger partial charge in [0.25, 0.3) is 0 Å². The largest absolute Gasteiger partial charge is 0.477 e. The predicted molar refractivity (Wildman–Crippen MR) is 41.3 cm³/mol. The Bertz CT molecular complexity index is 310. The van der Waals surface area contributed by atoms with E-state index in [1.165, 1.54) is 0 Å². The summed E-state index contributed by atoms with van der Waals surface area (Å²) in [6.07, 6.45) is 0. The molecule has 0 aromatic carbocycles. The van der Waals surface area contributed by atoms with Crippen molar-refractivity contribution in [1.29, 1.82) is 0 Å². The number of carbonyl (C=O) groups is 1. The summed E-state index contributed by atoms with van der Waals surface area (Å²) in [5.41, 5.74) is 0. The molecule has 0 saturated carbocycles. The fraction of sp³-hybridized carbons (Fsp3) is 0. The molecule has 0 amide bonds. The van der Waals surface area contributed by atoms with E-state index >= 15 is 0 Å². The van der Waals surface area contributed by atoms with Crippen molar-refractivity contribution in [3.8, 4) is 0 Å². The molecule has 0 fully saturated rings. The lowest BCUT2D eigenvalue weighted by Crippen LogP contribution is -1.91. The number of halogens is 3. The molecule has 0 saturated heterocycles. The molecule has 2 nitrogen and oxygen atoms in total. The highest BCUT2D eigenvalue weighted by Crippen LogP contribution is 2.35. The number of hydrogen-bond donors (Lipinski definition) is 1. The van der Waals surface area contributed by atoms with Crippen LogP contribution in [0.3, 0.4) is 0 Å². The van der Waals surface area contributed by atoms with Crippen molar-refractivity contribution in [2.45, 2.75) is 0 Å². The van der Waals surface area contributed by atoms with Crippen molar-refractivity contribution in [1.82, 2.24) is 0 Å². The minimum Gasteiger partial charge on any atom is -0.477 e. The summed E-state index contributed by atoms with van der Waals surface area (Å²) < 4.78 is 12.5. The number of hydrogen-bond acceptors (Lipinski definition) is 2. The third kappa shape index (κ3) is 1.47. The first-order valence-electron chi connectivity index (χ1n) is 2.40. The second-order valence-corrected chi connectivity index (χ2v) is 3.36. The first-order valence-corrected chi connectivity index (χ1v) is 3.98. The zero-order valence-electron chi connectivity index (χ0n) is 4.90. The fourth-order valence-electron chi connectivity index (χ4n) is 0.503. The summed E-state index contributed by atoms with van der Waals surface area (Å²) in [4.78, 5) is 10.0. The zero-order valence-corrected chi connectivity index (χ0v) is 7.23. The second kappa shape index (κ2) is 2.97. The van der Waals surface area contributed by atoms with E-state index in [2.05, 4.69) is 0 Å². The Morgan fingerprint density at radius 2 is 2.00 bits per heavy atom. The molecule has 0 atom stereocenters. The van der Waals surface area contributed by atoms with E-state index in [4.69, 9.17) is 28.3 Å². The lowest BCUT2D eigenvalue weighted by molar-refractivity contribution is 0.0702. The molecule has 0 spiro atoms. The quantitative estimate of drug-likeness (QED) is 0.781. The van der Waals surface area contributed by atoms with Gasteiger partial charge >= 0.3 is 5.97 Å². The van der Waals surface area contributed by atoms with E-state index < -0.39 is 11.1 Å². The van der Waals surface area contributed by atoms with Crippen LogP contribution in [0, 0.1) is 5.13 Å². The Labute approximate surface area is 75.2 Å². The van der Waals surface area contributed by atoms with Crippen LogP contribution in [-0.4, -0.2) is 11.1 Å². The molecule has 0 bridgehead atoms. The summed E-state index contributed by atoms with van der Waals surface area (Å²) in [6.45, 7) is 0. The van der Waals surface area contributed by atoms with Crippen LogP contribution >= 0.6 is 34.5 Å². The molecule has 0 radical (unpaired) electrons. The lowest BCUT2D eigenvalue weighted by Gasteiger charge is -1.85. The standard InChI is InChI=1S/C5HCl2FO2S/c6-1-2(7)4(8)11-3(1)5(9)10/h(H,9,10). The minimum atomic E-state index is -1.27. The summed E-state index contributed by atoms with van der Waals surface area (Å²) in [7, 11) is 0. The Balaban J connectivity index is 3.29. The van der Waals surface area contributed by atoms with Gasteiger partial charge in [-0.3, -0.25) is 0 Å². The topological polar surface area (TPSA) is 37.3 Å². The van der Waals surface area contributed by atoms with Gasteiger partial charge in [0.15, 0.2) is 5.13 Å². The van der Waals surface area contributed by atoms with Crippen LogP contribution in [0.15, 0.2) is 0 Å². The molecular formula is C5HCl2FO2S. The third-order valence-corrected chi connectivity index (χ3v) is 2.97. The average molecular weight is 215 g/mol. The van der Waals surface area contributed by atoms with Crippen LogP contribution in [-0.2, 0) is 0 Å². The van der Waals surface area contributed by atoms with Crippen molar-refractivity contribution < 1.29 is 14.3 Å². The molecule has 0 unspecified atom stereocenters. The van der Waals surface area contributed by atoms with Gasteiger partial charge in [-0.2, -0.15) is 4.39 Å². The lowest BCUT2D eigenvalue weighted by atomic mass is 10.5. The molecule has 1 N–H and O–H groups in total. The van der Waals surface area contributed by atoms with Crippen LogP contribution < -0.4 is 0 Å². The first kappa shape index (κ1) is 8.77. The summed E-state index contributed by atoms with van der Waals surface area (Å²) >= 11 is 11.1. The zero-order chi connectivity index (χ0) is 8.59. The van der Waals surface area contributed by atoms with Gasteiger partial charge in [0.05, 0.1) is 5.02 Å². The highest BCUT2D eigenvalue weighted by molar-refractivity contribution is 7.13. The maximum absolute atomic E-state index is 12.5. The van der Waals surface area contributed by atoms with Gasteiger partial charge in [0.1, 0.15) is 9.90 Å². The van der Waals surface area contributed by atoms with Gasteiger partial charge in [0, 0.05) is 0 Å². The summed E-state index contributed by atoms with van der Waals surface area (Å²) in [5, 5.41) is 7.08. The van der Waals surface area contributed by atoms with Crippen LogP contribution in [0.4, 0.5) is 4.39 Å². The van der Waals surface area contributed by atoms with Gasteiger partial charge in [-0.05, 0) is 0 Å². The van der Waals surface area contributed by atoms with E-state index in [0.717, 1.165) is 0 Å². The maximum Gasteiger partial charge on any atom is 0.347 e. The van der Waals surface area contributed by atoms with Crippen molar-refractivity contribution in [2.75, 3.05) is 0 Å². The van der Waals surface area contributed by atoms with Gasteiger partial charge in [0.2, 0.25) is 0 Å². The predicted octanol–water partition coefficient (Wildman–Crippen LogP) is 2.89. The van der Waals surface area contributed by atoms with Gasteiger partial charge in [-0.15, -0.1) is 0 Å². The van der Waals surface area contributed by atoms with Crippen LogP contribution in [0.2, 0.25) is 10.0 Å². The highest BCUT2D eigenvalue weighted by atomic mass is 35.5. The van der Waals surface area contributed by atoms with E-state index in [1.807, 2.05) is 0 Å². The Morgan fingerprint density at radius 1 is 1.45 bits per heavy atom. The Kier molecular flexibility index (Phi) is 2.37. The van der Waals surface area contributed by atoms with Crippen molar-refractivity contribution >= 4 is 40.5 Å². The molecule has 0 aliphatic heterocycles. The molecule has 60 valence electrons. The van der Waals surface area contributed by atoms with E-state index in [-0.39, 0.29) is 14.9 Å². The Hall–Kier alpha value is -0.320. The molecule has 0 aliphatic rings. The van der Waals surface area contributed by atoms with E-state index in [9.17, 15) is 9.18 Å². The average Bonchev–Trinajstić information content (AvgIpc) is 2.17. The number of carboxylic acids is 1. The first-order chi connectivity index (χ1) is 5.04. The Morgan fingerprint density at radius 3 is 2.18 bits per heavy atom. The maximum atomic E-state index is 12.5. The fourth-order valence-corrected chi connectivity index (χ4v) is 1.75. The molecule has 11 heavy (non-hydrogen) atoms. The molecule has 1 aromatic heterocycles. The number of rotatable bonds is 1. The van der Waals surface area contributed by atoms with Crippen LogP contribution in [0.1, 0.15) is 9.67 Å². The number of thiophene rings is 1. The van der Waals surface area contributed by atoms with E-state index in [1.54, 1.807) is 0 Å². The smallest absolute Gasteiger partial charge is 0.347 e. The molecule has 1 rings (SSSR count). The van der Waals surface area contributed by atoms with Gasteiger partial charge in [-0.25, -0.2) is 4.79 Å². The monoisotopic (exact) mass is 214 g/mol. The van der Waals surface area contributed by atoms with Crippen molar-refractivity contribution in [3.63, 3.8) is 0 Å². The second-order valence-electron chi connectivity index (χ2n) is 1.64. The highest BCUT2D eigenvalue weighted by Gasteiger charge is 2.19. The summed E-state index contributed by atoms with van der Waals surface area (Å²) in [6, 6.07) is 0. The van der Waals surface area contributed by atoms with Gasteiger partial charge < -0.3 is 5.11 Å². The van der Waals surface area contributed by atoms with Crippen LogP contribution in [0.5, 0.6) is 0 Å². The third-order valence-electron chi connectivity index (χ3n) is 0.951. The van der Waals surface area contributed by atoms with Crippen LogP contribution in [0.25, 0.3) is 0 Å².